The van der Waals surface area contributed by atoms with Gasteiger partial charge in [-0.25, -0.2) is 19.6 Å². The van der Waals surface area contributed by atoms with Gasteiger partial charge in [-0.05, 0) is 75.6 Å². The highest BCUT2D eigenvalue weighted by atomic mass is 31.2. The van der Waals surface area contributed by atoms with Crippen LogP contribution in [-0.4, -0.2) is 75.9 Å². The number of nitriles is 1. The number of ether oxygens (including phenoxy) is 4. The largest absolute Gasteiger partial charge is 0.497 e. The first kappa shape index (κ1) is 41.6. The third kappa shape index (κ3) is 8.79. The average Bonchev–Trinajstić information content (AvgIpc) is 3.61. The van der Waals surface area contributed by atoms with Crippen LogP contribution < -0.4 is 20.8 Å². The molecule has 1 fully saturated rings. The zero-order valence-electron chi connectivity index (χ0n) is 33.4. The maximum Gasteiger partial charge on any atom is 0.275 e. The van der Waals surface area contributed by atoms with Crippen LogP contribution in [0.15, 0.2) is 90.0 Å². The number of nitrogens with two attached hydrogens (primary N) is 1. The Balaban J connectivity index is 1.48. The minimum absolute atomic E-state index is 0.0206. The monoisotopic (exact) mass is 795 g/mol. The first-order valence-electron chi connectivity index (χ1n) is 18.9. The van der Waals surface area contributed by atoms with E-state index in [9.17, 15) is 10.1 Å². The molecule has 14 nitrogen and oxygen atoms in total. The lowest BCUT2D eigenvalue weighted by Gasteiger charge is -2.39. The van der Waals surface area contributed by atoms with Crippen LogP contribution in [0.25, 0.3) is 11.2 Å². The fourth-order valence-corrected chi connectivity index (χ4v) is 8.99. The summed E-state index contributed by atoms with van der Waals surface area (Å²) < 4.78 is 42.2. The fourth-order valence-electron chi connectivity index (χ4n) is 7.23. The SMILES string of the molecule is COc1ccc(C(OC[C@H]2O[C@@H](n3c(=O)c(C)nc4c(N)ncnc43)C[C@@H]2OP(OCCC#N)N(C(C)C)C(C)C)(c2ccccc2)c2ccc(OC)cc2)cc1. The molecule has 15 heteroatoms. The second kappa shape index (κ2) is 18.5. The van der Waals surface area contributed by atoms with Gasteiger partial charge in [0.15, 0.2) is 11.5 Å². The molecule has 0 spiro atoms. The highest BCUT2D eigenvalue weighted by molar-refractivity contribution is 7.44. The molecule has 1 aliphatic heterocycles. The Kier molecular flexibility index (Phi) is 13.5. The number of anilines is 1. The lowest BCUT2D eigenvalue weighted by atomic mass is 9.80. The number of fused-ring (bicyclic) bond motifs is 1. The molecule has 6 rings (SSSR count). The summed E-state index contributed by atoms with van der Waals surface area (Å²) in [5, 5.41) is 9.38. The predicted octanol–water partition coefficient (Wildman–Crippen LogP) is 7.05. The van der Waals surface area contributed by atoms with E-state index in [1.165, 1.54) is 10.9 Å². The zero-order chi connectivity index (χ0) is 40.7. The Morgan fingerprint density at radius 3 is 2.11 bits per heavy atom. The highest BCUT2D eigenvalue weighted by Gasteiger charge is 2.45. The van der Waals surface area contributed by atoms with Crippen molar-refractivity contribution in [2.75, 3.05) is 33.2 Å². The summed E-state index contributed by atoms with van der Waals surface area (Å²) in [5.74, 6) is 1.54. The van der Waals surface area contributed by atoms with Crippen LogP contribution in [0.5, 0.6) is 11.5 Å². The van der Waals surface area contributed by atoms with Gasteiger partial charge in [-0.2, -0.15) is 5.26 Å². The van der Waals surface area contributed by atoms with E-state index in [-0.39, 0.29) is 60.9 Å². The van der Waals surface area contributed by atoms with Crippen molar-refractivity contribution in [1.82, 2.24) is 24.2 Å². The normalized spacial score (nSPS) is 17.7. The summed E-state index contributed by atoms with van der Waals surface area (Å²) in [4.78, 5) is 26.9. The maximum absolute atomic E-state index is 13.9. The van der Waals surface area contributed by atoms with E-state index in [2.05, 4.69) is 53.4 Å². The molecule has 2 aromatic heterocycles. The van der Waals surface area contributed by atoms with Crippen LogP contribution in [0.1, 0.15) is 69.1 Å². The molecule has 1 aliphatic rings. The summed E-state index contributed by atoms with van der Waals surface area (Å²) in [6.07, 6.45) is -0.468. The van der Waals surface area contributed by atoms with Crippen LogP contribution in [-0.2, 0) is 24.1 Å². The molecule has 300 valence electrons. The second-order valence-electron chi connectivity index (χ2n) is 14.2. The number of rotatable bonds is 17. The van der Waals surface area contributed by atoms with Crippen molar-refractivity contribution in [3.8, 4) is 17.6 Å². The summed E-state index contributed by atoms with van der Waals surface area (Å²) in [6.45, 7) is 10.1. The van der Waals surface area contributed by atoms with Crippen molar-refractivity contribution in [3.63, 3.8) is 0 Å². The Morgan fingerprint density at radius 1 is 0.947 bits per heavy atom. The molecule has 0 saturated carbocycles. The molecular formula is C42H50N7O7P. The van der Waals surface area contributed by atoms with Gasteiger partial charge in [-0.1, -0.05) is 54.6 Å². The fraction of sp³-hybridized carbons (Fsp3) is 0.405. The lowest BCUT2D eigenvalue weighted by molar-refractivity contribution is -0.0917. The van der Waals surface area contributed by atoms with E-state index in [1.54, 1.807) is 21.1 Å². The molecule has 57 heavy (non-hydrogen) atoms. The van der Waals surface area contributed by atoms with Crippen molar-refractivity contribution in [1.29, 1.82) is 5.26 Å². The maximum atomic E-state index is 13.9. The molecule has 5 aromatic rings. The summed E-state index contributed by atoms with van der Waals surface area (Å²) in [7, 11) is 1.56. The topological polar surface area (TPSA) is 169 Å². The molecular weight excluding hydrogens is 745 g/mol. The average molecular weight is 796 g/mol. The van der Waals surface area contributed by atoms with E-state index in [0.29, 0.717) is 17.0 Å². The van der Waals surface area contributed by atoms with E-state index in [4.69, 9.17) is 33.7 Å². The second-order valence-corrected chi connectivity index (χ2v) is 15.6. The molecule has 1 saturated heterocycles. The minimum Gasteiger partial charge on any atom is -0.497 e. The Bertz CT molecular complexity index is 2140. The quantitative estimate of drug-likeness (QED) is 0.0578. The number of benzene rings is 3. The molecule has 1 unspecified atom stereocenters. The molecule has 0 bridgehead atoms. The number of nitrogen functional groups attached to an aromatic ring is 1. The van der Waals surface area contributed by atoms with Crippen LogP contribution in [0.2, 0.25) is 0 Å². The Morgan fingerprint density at radius 2 is 1.54 bits per heavy atom. The van der Waals surface area contributed by atoms with E-state index in [1.807, 2.05) is 78.9 Å². The molecule has 2 N–H and O–H groups in total. The van der Waals surface area contributed by atoms with Gasteiger partial charge >= 0.3 is 0 Å². The molecule has 3 heterocycles. The number of nitrogens with zero attached hydrogens (tertiary/aromatic N) is 6. The summed E-state index contributed by atoms with van der Waals surface area (Å²) >= 11 is 0. The van der Waals surface area contributed by atoms with Gasteiger partial charge in [0, 0.05) is 18.5 Å². The highest BCUT2D eigenvalue weighted by Crippen LogP contribution is 2.51. The first-order valence-corrected chi connectivity index (χ1v) is 20.0. The lowest BCUT2D eigenvalue weighted by Crippen LogP contribution is -2.39. The van der Waals surface area contributed by atoms with Gasteiger partial charge in [0.05, 0.1) is 46.0 Å². The van der Waals surface area contributed by atoms with E-state index < -0.39 is 32.6 Å². The van der Waals surface area contributed by atoms with E-state index >= 15 is 0 Å². The van der Waals surface area contributed by atoms with Crippen molar-refractivity contribution in [2.45, 2.75) is 83.6 Å². The minimum atomic E-state index is -1.70. The van der Waals surface area contributed by atoms with Gasteiger partial charge in [0.1, 0.15) is 47.0 Å². The third-order valence-corrected chi connectivity index (χ3v) is 12.0. The van der Waals surface area contributed by atoms with Gasteiger partial charge in [-0.3, -0.25) is 9.36 Å². The van der Waals surface area contributed by atoms with Gasteiger partial charge in [-0.15, -0.1) is 0 Å². The van der Waals surface area contributed by atoms with E-state index in [0.717, 1.165) is 16.7 Å². The van der Waals surface area contributed by atoms with Crippen molar-refractivity contribution >= 4 is 25.5 Å². The van der Waals surface area contributed by atoms with Gasteiger partial charge in [0.25, 0.3) is 14.1 Å². The summed E-state index contributed by atoms with van der Waals surface area (Å²) in [5.41, 5.74) is 8.04. The summed E-state index contributed by atoms with van der Waals surface area (Å²) in [6, 6.07) is 27.8. The van der Waals surface area contributed by atoms with Crippen molar-refractivity contribution in [3.05, 3.63) is 118 Å². The third-order valence-electron chi connectivity index (χ3n) is 9.86. The molecule has 0 amide bonds. The number of aryl methyl sites for hydroxylation is 1. The Hall–Kier alpha value is -5.00. The van der Waals surface area contributed by atoms with Crippen molar-refractivity contribution in [2.24, 2.45) is 0 Å². The predicted molar refractivity (Wildman–Crippen MR) is 218 cm³/mol. The van der Waals surface area contributed by atoms with Gasteiger partial charge < -0.3 is 33.7 Å². The smallest absolute Gasteiger partial charge is 0.275 e. The van der Waals surface area contributed by atoms with Crippen LogP contribution >= 0.6 is 8.53 Å². The van der Waals surface area contributed by atoms with Crippen LogP contribution in [0.3, 0.4) is 0 Å². The number of methoxy groups -OCH3 is 2. The number of aromatic nitrogens is 4. The zero-order valence-corrected chi connectivity index (χ0v) is 34.3. The number of hydrogen-bond donors (Lipinski definition) is 1. The first-order chi connectivity index (χ1) is 27.5. The Labute approximate surface area is 334 Å². The van der Waals surface area contributed by atoms with Gasteiger partial charge in [0.2, 0.25) is 0 Å². The molecule has 3 aromatic carbocycles. The molecule has 0 radical (unpaired) electrons. The van der Waals surface area contributed by atoms with Crippen molar-refractivity contribution < 1.29 is 28.0 Å². The standard InChI is InChI=1S/C42H50N7O7P/c1-27(2)49(28(3)4)57(54-23-11-22-43)56-35-24-37(48-40-38(39(44)45-26-46-40)47-29(5)41(48)50)55-36(35)25-53-42(30-12-9-8-10-13-30,31-14-18-33(51-6)19-15-31)32-16-20-34(52-7)21-17-32/h8-10,12-21,26-28,35-37H,11,23-25H2,1-7H3,(H2,44,45,46)/t35-,36+,37+,57?/m0/s1. The molecule has 4 atom stereocenters. The molecule has 0 aliphatic carbocycles. The number of hydrogen-bond acceptors (Lipinski definition) is 13. The van der Waals surface area contributed by atoms with Crippen LogP contribution in [0.4, 0.5) is 5.82 Å². The van der Waals surface area contributed by atoms with Crippen LogP contribution in [0, 0.1) is 18.3 Å².